The molecule has 0 aromatic heterocycles. The van der Waals surface area contributed by atoms with Gasteiger partial charge in [-0.2, -0.15) is 0 Å². The summed E-state index contributed by atoms with van der Waals surface area (Å²) in [5.74, 6) is -0.368. The van der Waals surface area contributed by atoms with Gasteiger partial charge >= 0.3 is 0 Å². The Morgan fingerprint density at radius 1 is 0.872 bits per heavy atom. The lowest BCUT2D eigenvalue weighted by Gasteiger charge is -2.35. The van der Waals surface area contributed by atoms with E-state index in [9.17, 15) is 18.0 Å². The first-order valence-electron chi connectivity index (χ1n) is 15.5. The fraction of sp³-hybridized carbons (Fsp3) is 0.297. The second kappa shape index (κ2) is 15.5. The van der Waals surface area contributed by atoms with Crippen molar-refractivity contribution in [3.05, 3.63) is 125 Å². The number of carbonyl (C=O) groups excluding carboxylic acids is 2. The van der Waals surface area contributed by atoms with Gasteiger partial charge in [0.25, 0.3) is 10.0 Å². The summed E-state index contributed by atoms with van der Waals surface area (Å²) in [5.41, 5.74) is 2.05. The molecule has 0 radical (unpaired) electrons. The molecule has 0 saturated heterocycles. The van der Waals surface area contributed by atoms with Gasteiger partial charge in [-0.25, -0.2) is 8.42 Å². The molecule has 0 unspecified atom stereocenters. The monoisotopic (exact) mass is 675 g/mol. The van der Waals surface area contributed by atoms with E-state index in [0.717, 1.165) is 15.4 Å². The van der Waals surface area contributed by atoms with Gasteiger partial charge in [-0.1, -0.05) is 77.8 Å². The van der Waals surface area contributed by atoms with Gasteiger partial charge in [0.05, 0.1) is 17.2 Å². The summed E-state index contributed by atoms with van der Waals surface area (Å²) < 4.78 is 35.1. The van der Waals surface area contributed by atoms with E-state index in [2.05, 4.69) is 5.32 Å². The Bertz CT molecular complexity index is 1760. The fourth-order valence-corrected chi connectivity index (χ4v) is 6.67. The Hall–Kier alpha value is -4.34. The van der Waals surface area contributed by atoms with Gasteiger partial charge in [-0.3, -0.25) is 13.9 Å². The second-order valence-corrected chi connectivity index (χ2v) is 14.6. The SMILES string of the molecule is CCOc1ccc(N(CC(=O)N(Cc2ccccc2Cl)[C@@H](Cc2ccccc2)C(=O)NC(C)(C)C)S(=O)(=O)c2ccc(C)cc2)cc1. The second-order valence-electron chi connectivity index (χ2n) is 12.3. The third-order valence-corrected chi connectivity index (χ3v) is 9.55. The first-order chi connectivity index (χ1) is 22.3. The molecule has 1 atom stereocenters. The molecule has 0 aliphatic rings. The minimum Gasteiger partial charge on any atom is -0.494 e. The first-order valence-corrected chi connectivity index (χ1v) is 17.3. The quantitative estimate of drug-likeness (QED) is 0.168. The predicted octanol–water partition coefficient (Wildman–Crippen LogP) is 6.80. The van der Waals surface area contributed by atoms with E-state index < -0.39 is 34.1 Å². The molecule has 0 aliphatic heterocycles. The van der Waals surface area contributed by atoms with E-state index in [0.29, 0.717) is 22.9 Å². The number of benzene rings is 4. The highest BCUT2D eigenvalue weighted by Crippen LogP contribution is 2.28. The van der Waals surface area contributed by atoms with Crippen LogP contribution in [0.25, 0.3) is 0 Å². The number of sulfonamides is 1. The summed E-state index contributed by atoms with van der Waals surface area (Å²) in [6.45, 7) is 9.19. The van der Waals surface area contributed by atoms with Gasteiger partial charge in [0.15, 0.2) is 0 Å². The maximum Gasteiger partial charge on any atom is 0.264 e. The molecule has 47 heavy (non-hydrogen) atoms. The van der Waals surface area contributed by atoms with Crippen molar-refractivity contribution in [2.45, 2.75) is 64.1 Å². The van der Waals surface area contributed by atoms with E-state index in [-0.39, 0.29) is 29.5 Å². The Morgan fingerprint density at radius 2 is 1.49 bits per heavy atom. The highest BCUT2D eigenvalue weighted by molar-refractivity contribution is 7.92. The van der Waals surface area contributed by atoms with Gasteiger partial charge in [0.2, 0.25) is 11.8 Å². The average Bonchev–Trinajstić information content (AvgIpc) is 3.02. The van der Waals surface area contributed by atoms with Gasteiger partial charge in [-0.15, -0.1) is 0 Å². The molecule has 0 spiro atoms. The fourth-order valence-electron chi connectivity index (χ4n) is 5.06. The molecule has 8 nitrogen and oxygen atoms in total. The molecule has 0 saturated carbocycles. The number of nitrogens with one attached hydrogen (secondary N) is 1. The van der Waals surface area contributed by atoms with Crippen LogP contribution in [0.3, 0.4) is 0 Å². The summed E-state index contributed by atoms with van der Waals surface area (Å²) >= 11 is 6.57. The highest BCUT2D eigenvalue weighted by Gasteiger charge is 2.36. The number of amides is 2. The number of hydrogen-bond donors (Lipinski definition) is 1. The Morgan fingerprint density at radius 3 is 2.09 bits per heavy atom. The number of halogens is 1. The zero-order chi connectivity index (χ0) is 34.2. The van der Waals surface area contributed by atoms with Crippen LogP contribution in [0.5, 0.6) is 5.75 Å². The van der Waals surface area contributed by atoms with Crippen LogP contribution >= 0.6 is 11.6 Å². The molecule has 0 heterocycles. The Kier molecular flexibility index (Phi) is 11.7. The number of ether oxygens (including phenoxy) is 1. The number of rotatable bonds is 13. The topological polar surface area (TPSA) is 96.0 Å². The van der Waals surface area contributed by atoms with Crippen LogP contribution in [0.1, 0.15) is 44.4 Å². The van der Waals surface area contributed by atoms with Crippen molar-refractivity contribution in [1.29, 1.82) is 0 Å². The number of hydrogen-bond acceptors (Lipinski definition) is 5. The van der Waals surface area contributed by atoms with Crippen LogP contribution < -0.4 is 14.4 Å². The lowest BCUT2D eigenvalue weighted by molar-refractivity contribution is -0.140. The molecular weight excluding hydrogens is 634 g/mol. The van der Waals surface area contributed by atoms with Crippen LogP contribution in [-0.2, 0) is 32.6 Å². The molecule has 10 heteroatoms. The van der Waals surface area contributed by atoms with Crippen molar-refractivity contribution in [2.24, 2.45) is 0 Å². The van der Waals surface area contributed by atoms with E-state index in [1.54, 1.807) is 60.7 Å². The average molecular weight is 676 g/mol. The van der Waals surface area contributed by atoms with E-state index in [1.807, 2.05) is 65.0 Å². The maximum absolute atomic E-state index is 14.6. The number of anilines is 1. The van der Waals surface area contributed by atoms with E-state index in [4.69, 9.17) is 16.3 Å². The smallest absolute Gasteiger partial charge is 0.264 e. The van der Waals surface area contributed by atoms with Crippen molar-refractivity contribution < 1.29 is 22.7 Å². The molecule has 4 aromatic carbocycles. The molecule has 0 fully saturated rings. The maximum atomic E-state index is 14.6. The number of carbonyl (C=O) groups is 2. The first kappa shape index (κ1) is 35.5. The van der Waals surface area contributed by atoms with Crippen molar-refractivity contribution >= 4 is 39.1 Å². The van der Waals surface area contributed by atoms with Crippen LogP contribution in [0.4, 0.5) is 5.69 Å². The molecule has 1 N–H and O–H groups in total. The standard InChI is InChI=1S/C37H42ClN3O5S/c1-6-46-31-20-18-30(19-21-31)41(47(44,45)32-22-16-27(2)17-23-32)26-35(42)40(25-29-14-10-11-15-33(29)38)34(36(43)39-37(3,4)5)24-28-12-8-7-9-13-28/h7-23,34H,6,24-26H2,1-5H3,(H,39,43)/t34-/m0/s1. The van der Waals surface area contributed by atoms with Crippen molar-refractivity contribution in [3.8, 4) is 5.75 Å². The van der Waals surface area contributed by atoms with Crippen molar-refractivity contribution in [1.82, 2.24) is 10.2 Å². The molecule has 0 aliphatic carbocycles. The summed E-state index contributed by atoms with van der Waals surface area (Å²) in [5, 5.41) is 3.45. The van der Waals surface area contributed by atoms with Crippen LogP contribution in [-0.4, -0.2) is 49.9 Å². The number of nitrogens with zero attached hydrogens (tertiary/aromatic N) is 2. The molecule has 248 valence electrons. The largest absolute Gasteiger partial charge is 0.494 e. The molecule has 2 amide bonds. The van der Waals surface area contributed by atoms with E-state index >= 15 is 0 Å². The molecule has 4 aromatic rings. The summed E-state index contributed by atoms with van der Waals surface area (Å²) in [4.78, 5) is 30.1. The molecule has 4 rings (SSSR count). The minimum atomic E-state index is -4.22. The lowest BCUT2D eigenvalue weighted by atomic mass is 10.0. The van der Waals surface area contributed by atoms with Crippen LogP contribution in [0, 0.1) is 6.92 Å². The number of aryl methyl sites for hydroxylation is 1. The molecule has 0 bridgehead atoms. The summed E-state index contributed by atoms with van der Waals surface area (Å²) in [6.07, 6.45) is 0.201. The van der Waals surface area contributed by atoms with Crippen molar-refractivity contribution in [2.75, 3.05) is 17.5 Å². The summed E-state index contributed by atoms with van der Waals surface area (Å²) in [6, 6.07) is 28.5. The zero-order valence-corrected chi connectivity index (χ0v) is 29.0. The Balaban J connectivity index is 1.82. The van der Waals surface area contributed by atoms with Crippen LogP contribution in [0.2, 0.25) is 5.02 Å². The summed E-state index contributed by atoms with van der Waals surface area (Å²) in [7, 11) is -4.22. The zero-order valence-electron chi connectivity index (χ0n) is 27.4. The van der Waals surface area contributed by atoms with Crippen molar-refractivity contribution in [3.63, 3.8) is 0 Å². The normalized spacial score (nSPS) is 12.2. The van der Waals surface area contributed by atoms with Gasteiger partial charge < -0.3 is 15.0 Å². The van der Waals surface area contributed by atoms with Gasteiger partial charge in [-0.05, 0) is 88.2 Å². The molecular formula is C37H42ClN3O5S. The Labute approximate surface area is 283 Å². The van der Waals surface area contributed by atoms with Crippen LogP contribution in [0.15, 0.2) is 108 Å². The third-order valence-electron chi connectivity index (χ3n) is 7.39. The third kappa shape index (κ3) is 9.59. The highest BCUT2D eigenvalue weighted by atomic mass is 35.5. The lowest BCUT2D eigenvalue weighted by Crippen LogP contribution is -2.56. The van der Waals surface area contributed by atoms with E-state index in [1.165, 1.54) is 17.0 Å². The minimum absolute atomic E-state index is 0.0186. The predicted molar refractivity (Wildman–Crippen MR) is 187 cm³/mol. The van der Waals surface area contributed by atoms with Gasteiger partial charge in [0.1, 0.15) is 18.3 Å². The van der Waals surface area contributed by atoms with Gasteiger partial charge in [0, 0.05) is 23.5 Å².